The Labute approximate surface area is 97.3 Å². The van der Waals surface area contributed by atoms with E-state index in [1.165, 1.54) is 19.8 Å². The Balaban J connectivity index is 2.79. The minimum Gasteiger partial charge on any atom is -0.312 e. The van der Waals surface area contributed by atoms with Gasteiger partial charge in [-0.2, -0.15) is 0 Å². The first-order valence-corrected chi connectivity index (χ1v) is 7.03. The van der Waals surface area contributed by atoms with Gasteiger partial charge < -0.3 is 9.05 Å². The topological polar surface area (TPSA) is 35.5 Å². The van der Waals surface area contributed by atoms with E-state index in [1.807, 2.05) is 12.1 Å². The van der Waals surface area contributed by atoms with Crippen LogP contribution >= 0.6 is 7.60 Å². The van der Waals surface area contributed by atoms with E-state index in [2.05, 4.69) is 26.0 Å². The first kappa shape index (κ1) is 13.4. The van der Waals surface area contributed by atoms with Gasteiger partial charge in [-0.05, 0) is 17.0 Å². The molecule has 0 radical (unpaired) electrons. The quantitative estimate of drug-likeness (QED) is 0.737. The van der Waals surface area contributed by atoms with Gasteiger partial charge in [0.2, 0.25) is 0 Å². The fraction of sp³-hybridized carbons (Fsp3) is 0.500. The molecule has 16 heavy (non-hydrogen) atoms. The molecule has 0 aliphatic carbocycles. The summed E-state index contributed by atoms with van der Waals surface area (Å²) < 4.78 is 21.7. The summed E-state index contributed by atoms with van der Waals surface area (Å²) in [4.78, 5) is 0. The second-order valence-electron chi connectivity index (χ2n) is 4.03. The van der Waals surface area contributed by atoms with E-state index in [4.69, 9.17) is 9.05 Å². The second-order valence-corrected chi connectivity index (χ2v) is 6.30. The predicted octanol–water partition coefficient (Wildman–Crippen LogP) is 3.80. The zero-order chi connectivity index (χ0) is 12.2. The highest BCUT2D eigenvalue weighted by Gasteiger charge is 2.21. The molecule has 0 fully saturated rings. The van der Waals surface area contributed by atoms with E-state index in [0.717, 1.165) is 5.56 Å². The molecule has 0 amide bonds. The van der Waals surface area contributed by atoms with Crippen LogP contribution in [0, 0.1) is 0 Å². The Morgan fingerprint density at radius 3 is 2.00 bits per heavy atom. The van der Waals surface area contributed by atoms with E-state index in [0.29, 0.717) is 12.1 Å². The Kier molecular flexibility index (Phi) is 4.72. The molecule has 0 aromatic heterocycles. The Bertz CT molecular complexity index is 362. The van der Waals surface area contributed by atoms with Crippen LogP contribution in [0.3, 0.4) is 0 Å². The van der Waals surface area contributed by atoms with Gasteiger partial charge in [0.1, 0.15) is 0 Å². The Morgan fingerprint density at radius 1 is 1.12 bits per heavy atom. The summed E-state index contributed by atoms with van der Waals surface area (Å²) in [5, 5.41) is 0. The maximum absolute atomic E-state index is 11.9. The van der Waals surface area contributed by atoms with Gasteiger partial charge in [-0.15, -0.1) is 0 Å². The molecule has 4 heteroatoms. The average molecular weight is 242 g/mol. The molecule has 0 atom stereocenters. The normalized spacial score (nSPS) is 12.1. The molecule has 1 aromatic carbocycles. The van der Waals surface area contributed by atoms with Gasteiger partial charge in [0.05, 0.1) is 6.16 Å². The molecule has 3 nitrogen and oxygen atoms in total. The summed E-state index contributed by atoms with van der Waals surface area (Å²) in [5.74, 6) is 0.505. The third-order valence-corrected chi connectivity index (χ3v) is 4.44. The maximum atomic E-state index is 11.9. The molecule has 0 saturated heterocycles. The monoisotopic (exact) mass is 242 g/mol. The lowest BCUT2D eigenvalue weighted by Gasteiger charge is -2.14. The van der Waals surface area contributed by atoms with Gasteiger partial charge >= 0.3 is 7.60 Å². The van der Waals surface area contributed by atoms with E-state index in [-0.39, 0.29) is 0 Å². The SMILES string of the molecule is COP(=O)(Cc1ccc(C(C)C)cc1)OC. The molecule has 0 aliphatic rings. The fourth-order valence-electron chi connectivity index (χ4n) is 1.44. The Morgan fingerprint density at radius 2 is 1.62 bits per heavy atom. The summed E-state index contributed by atoms with van der Waals surface area (Å²) in [6, 6.07) is 8.05. The number of hydrogen-bond donors (Lipinski definition) is 0. The van der Waals surface area contributed by atoms with E-state index in [9.17, 15) is 4.57 Å². The van der Waals surface area contributed by atoms with Crippen LogP contribution in [0.25, 0.3) is 0 Å². The van der Waals surface area contributed by atoms with Crippen molar-refractivity contribution in [1.29, 1.82) is 0 Å². The zero-order valence-electron chi connectivity index (χ0n) is 10.3. The van der Waals surface area contributed by atoms with Gasteiger partial charge in [0.25, 0.3) is 0 Å². The van der Waals surface area contributed by atoms with Gasteiger partial charge in [-0.25, -0.2) is 0 Å². The van der Waals surface area contributed by atoms with Crippen LogP contribution < -0.4 is 0 Å². The van der Waals surface area contributed by atoms with Crippen LogP contribution in [0.2, 0.25) is 0 Å². The van der Waals surface area contributed by atoms with E-state index in [1.54, 1.807) is 0 Å². The fourth-order valence-corrected chi connectivity index (χ4v) is 2.50. The van der Waals surface area contributed by atoms with Crippen LogP contribution in [0.1, 0.15) is 30.9 Å². The van der Waals surface area contributed by atoms with Crippen LogP contribution in [0.15, 0.2) is 24.3 Å². The lowest BCUT2D eigenvalue weighted by molar-refractivity contribution is 0.275. The molecule has 0 N–H and O–H groups in total. The molecule has 0 unspecified atom stereocenters. The first-order chi connectivity index (χ1) is 7.50. The van der Waals surface area contributed by atoms with Crippen LogP contribution in [0.4, 0.5) is 0 Å². The van der Waals surface area contributed by atoms with Crippen molar-refractivity contribution < 1.29 is 13.6 Å². The van der Waals surface area contributed by atoms with Crippen molar-refractivity contribution in [3.05, 3.63) is 35.4 Å². The van der Waals surface area contributed by atoms with Crippen molar-refractivity contribution in [2.24, 2.45) is 0 Å². The summed E-state index contributed by atoms with van der Waals surface area (Å²) in [6.07, 6.45) is 0.318. The lowest BCUT2D eigenvalue weighted by Crippen LogP contribution is -1.94. The third kappa shape index (κ3) is 3.44. The molecule has 0 bridgehead atoms. The third-order valence-electron chi connectivity index (χ3n) is 2.58. The van der Waals surface area contributed by atoms with E-state index < -0.39 is 7.60 Å². The largest absolute Gasteiger partial charge is 0.334 e. The van der Waals surface area contributed by atoms with Crippen molar-refractivity contribution in [2.45, 2.75) is 25.9 Å². The smallest absolute Gasteiger partial charge is 0.312 e. The van der Waals surface area contributed by atoms with Crippen molar-refractivity contribution in [1.82, 2.24) is 0 Å². The molecular weight excluding hydrogens is 223 g/mol. The number of benzene rings is 1. The standard InChI is InChI=1S/C12H19O3P/c1-10(2)12-7-5-11(6-8-12)9-16(13,14-3)15-4/h5-8,10H,9H2,1-4H3. The van der Waals surface area contributed by atoms with E-state index >= 15 is 0 Å². The van der Waals surface area contributed by atoms with Crippen molar-refractivity contribution in [3.8, 4) is 0 Å². The van der Waals surface area contributed by atoms with Crippen LogP contribution in [-0.4, -0.2) is 14.2 Å². The summed E-state index contributed by atoms with van der Waals surface area (Å²) in [6.45, 7) is 4.29. The molecule has 0 saturated carbocycles. The van der Waals surface area contributed by atoms with Gasteiger partial charge in [0, 0.05) is 14.2 Å². The highest BCUT2D eigenvalue weighted by molar-refractivity contribution is 7.52. The number of hydrogen-bond acceptors (Lipinski definition) is 3. The van der Waals surface area contributed by atoms with Crippen molar-refractivity contribution in [2.75, 3.05) is 14.2 Å². The molecule has 0 heterocycles. The lowest BCUT2D eigenvalue weighted by atomic mass is 10.0. The molecule has 1 rings (SSSR count). The molecular formula is C12H19O3P. The first-order valence-electron chi connectivity index (χ1n) is 5.30. The average Bonchev–Trinajstić information content (AvgIpc) is 2.29. The Hall–Kier alpha value is -0.630. The minimum absolute atomic E-state index is 0.318. The highest BCUT2D eigenvalue weighted by atomic mass is 31.2. The van der Waals surface area contributed by atoms with Gasteiger partial charge in [0.15, 0.2) is 0 Å². The van der Waals surface area contributed by atoms with Crippen LogP contribution in [0.5, 0.6) is 0 Å². The van der Waals surface area contributed by atoms with Crippen LogP contribution in [-0.2, 0) is 19.8 Å². The second kappa shape index (κ2) is 5.62. The summed E-state index contributed by atoms with van der Waals surface area (Å²) in [5.41, 5.74) is 2.24. The van der Waals surface area contributed by atoms with Crippen molar-refractivity contribution in [3.63, 3.8) is 0 Å². The molecule has 0 aliphatic heterocycles. The molecule has 0 spiro atoms. The predicted molar refractivity (Wildman–Crippen MR) is 65.9 cm³/mol. The number of rotatable bonds is 5. The summed E-state index contributed by atoms with van der Waals surface area (Å²) >= 11 is 0. The maximum Gasteiger partial charge on any atom is 0.334 e. The van der Waals surface area contributed by atoms with Gasteiger partial charge in [-0.1, -0.05) is 38.1 Å². The van der Waals surface area contributed by atoms with Crippen molar-refractivity contribution >= 4 is 7.60 Å². The minimum atomic E-state index is -2.94. The molecule has 90 valence electrons. The summed E-state index contributed by atoms with van der Waals surface area (Å²) in [7, 11) is -0.123. The van der Waals surface area contributed by atoms with Gasteiger partial charge in [-0.3, -0.25) is 4.57 Å². The zero-order valence-corrected chi connectivity index (χ0v) is 11.2. The molecule has 1 aromatic rings. The highest BCUT2D eigenvalue weighted by Crippen LogP contribution is 2.49.